The maximum Gasteiger partial charge on any atom is 0.225 e. The molecule has 0 spiro atoms. The number of halogens is 1. The summed E-state index contributed by atoms with van der Waals surface area (Å²) in [5.74, 6) is 2.52. The van der Waals surface area contributed by atoms with Gasteiger partial charge in [-0.3, -0.25) is 19.6 Å². The van der Waals surface area contributed by atoms with E-state index in [4.69, 9.17) is 4.99 Å². The lowest BCUT2D eigenvalue weighted by Crippen LogP contribution is -2.53. The zero-order valence-corrected chi connectivity index (χ0v) is 22.4. The summed E-state index contributed by atoms with van der Waals surface area (Å²) in [6.07, 6.45) is 4.67. The maximum absolute atomic E-state index is 12.6. The minimum atomic E-state index is 0. The summed E-state index contributed by atoms with van der Waals surface area (Å²) in [5, 5.41) is 3.48. The molecule has 3 fully saturated rings. The van der Waals surface area contributed by atoms with Gasteiger partial charge in [-0.1, -0.05) is 26.7 Å². The molecule has 1 N–H and O–H groups in total. The standard InChI is InChI=1S/C23H44N6O.HI/c1-4-24-23(29-17-13-27(14-18-29)19-20(2)3)25-9-10-26-11-15-28(16-12-26)22(30)21-7-5-6-8-21;/h20-21H,4-19H2,1-3H3,(H,24,25);1H. The first-order valence-corrected chi connectivity index (χ1v) is 12.3. The molecular weight excluding hydrogens is 503 g/mol. The third-order valence-electron chi connectivity index (χ3n) is 6.70. The predicted molar refractivity (Wildman–Crippen MR) is 139 cm³/mol. The zero-order valence-electron chi connectivity index (χ0n) is 20.0. The van der Waals surface area contributed by atoms with Crippen molar-refractivity contribution < 1.29 is 4.79 Å². The van der Waals surface area contributed by atoms with Crippen LogP contribution in [0.4, 0.5) is 0 Å². The monoisotopic (exact) mass is 548 g/mol. The number of piperazine rings is 2. The van der Waals surface area contributed by atoms with Crippen molar-refractivity contribution in [2.45, 2.75) is 46.5 Å². The molecule has 180 valence electrons. The van der Waals surface area contributed by atoms with E-state index in [0.717, 1.165) is 96.7 Å². The molecule has 1 aliphatic carbocycles. The summed E-state index contributed by atoms with van der Waals surface area (Å²) in [6.45, 7) is 18.7. The molecule has 8 heteroatoms. The van der Waals surface area contributed by atoms with E-state index in [0.29, 0.717) is 11.8 Å². The largest absolute Gasteiger partial charge is 0.357 e. The van der Waals surface area contributed by atoms with E-state index in [1.807, 2.05) is 0 Å². The first-order valence-electron chi connectivity index (χ1n) is 12.3. The van der Waals surface area contributed by atoms with Crippen molar-refractivity contribution >= 4 is 35.8 Å². The zero-order chi connectivity index (χ0) is 21.3. The fraction of sp³-hybridized carbons (Fsp3) is 0.913. The first-order chi connectivity index (χ1) is 14.6. The van der Waals surface area contributed by atoms with Gasteiger partial charge in [0.2, 0.25) is 5.91 Å². The van der Waals surface area contributed by atoms with E-state index < -0.39 is 0 Å². The van der Waals surface area contributed by atoms with E-state index >= 15 is 0 Å². The van der Waals surface area contributed by atoms with E-state index in [2.05, 4.69) is 45.7 Å². The van der Waals surface area contributed by atoms with E-state index in [1.54, 1.807) is 0 Å². The number of carbonyl (C=O) groups excluding carboxylic acids is 1. The SMILES string of the molecule is CCNC(=NCCN1CCN(C(=O)C2CCCC2)CC1)N1CCN(CC(C)C)CC1.I. The fourth-order valence-electron chi connectivity index (χ4n) is 5.00. The number of nitrogens with one attached hydrogen (secondary N) is 1. The molecule has 0 bridgehead atoms. The lowest BCUT2D eigenvalue weighted by molar-refractivity contribution is -0.137. The predicted octanol–water partition coefficient (Wildman–Crippen LogP) is 2.18. The van der Waals surface area contributed by atoms with Crippen molar-refractivity contribution in [3.05, 3.63) is 0 Å². The molecule has 1 saturated carbocycles. The Hall–Kier alpha value is -0.610. The van der Waals surface area contributed by atoms with Crippen LogP contribution >= 0.6 is 24.0 Å². The van der Waals surface area contributed by atoms with E-state index in [-0.39, 0.29) is 24.0 Å². The number of carbonyl (C=O) groups is 1. The lowest BCUT2D eigenvalue weighted by Gasteiger charge is -2.37. The van der Waals surface area contributed by atoms with Crippen LogP contribution in [0.1, 0.15) is 46.5 Å². The van der Waals surface area contributed by atoms with Gasteiger partial charge in [-0.25, -0.2) is 0 Å². The van der Waals surface area contributed by atoms with Gasteiger partial charge in [0, 0.05) is 77.9 Å². The normalized spacial score (nSPS) is 22.1. The second-order valence-corrected chi connectivity index (χ2v) is 9.57. The maximum atomic E-state index is 12.6. The molecule has 31 heavy (non-hydrogen) atoms. The van der Waals surface area contributed by atoms with Gasteiger partial charge >= 0.3 is 0 Å². The van der Waals surface area contributed by atoms with Crippen LogP contribution in [0.3, 0.4) is 0 Å². The molecule has 0 radical (unpaired) electrons. The topological polar surface area (TPSA) is 54.4 Å². The molecule has 2 aliphatic heterocycles. The summed E-state index contributed by atoms with van der Waals surface area (Å²) in [5.41, 5.74) is 0. The second kappa shape index (κ2) is 13.8. The van der Waals surface area contributed by atoms with Crippen molar-refractivity contribution in [1.29, 1.82) is 0 Å². The van der Waals surface area contributed by atoms with Crippen molar-refractivity contribution in [3.8, 4) is 0 Å². The Morgan fingerprint density at radius 3 is 2.10 bits per heavy atom. The average molecular weight is 549 g/mol. The molecular formula is C23H45IN6O. The summed E-state index contributed by atoms with van der Waals surface area (Å²) >= 11 is 0. The van der Waals surface area contributed by atoms with Crippen molar-refractivity contribution in [2.75, 3.05) is 78.5 Å². The highest BCUT2D eigenvalue weighted by Gasteiger charge is 2.29. The Morgan fingerprint density at radius 1 is 0.935 bits per heavy atom. The van der Waals surface area contributed by atoms with Crippen LogP contribution in [0.15, 0.2) is 4.99 Å². The number of hydrogen-bond donors (Lipinski definition) is 1. The lowest BCUT2D eigenvalue weighted by atomic mass is 10.1. The smallest absolute Gasteiger partial charge is 0.225 e. The second-order valence-electron chi connectivity index (χ2n) is 9.57. The first kappa shape index (κ1) is 26.6. The molecule has 0 aromatic heterocycles. The van der Waals surface area contributed by atoms with E-state index in [1.165, 1.54) is 19.4 Å². The van der Waals surface area contributed by atoms with Crippen LogP contribution in [0.5, 0.6) is 0 Å². The summed E-state index contributed by atoms with van der Waals surface area (Å²) in [7, 11) is 0. The van der Waals surface area contributed by atoms with Crippen LogP contribution in [0, 0.1) is 11.8 Å². The highest BCUT2D eigenvalue weighted by atomic mass is 127. The molecule has 0 aromatic rings. The number of nitrogens with zero attached hydrogens (tertiary/aromatic N) is 5. The van der Waals surface area contributed by atoms with Gasteiger partial charge in [0.1, 0.15) is 0 Å². The molecule has 0 atom stereocenters. The highest BCUT2D eigenvalue weighted by Crippen LogP contribution is 2.26. The van der Waals surface area contributed by atoms with Crippen molar-refractivity contribution in [2.24, 2.45) is 16.8 Å². The molecule has 0 unspecified atom stereocenters. The van der Waals surface area contributed by atoms with Gasteiger partial charge in [-0.05, 0) is 25.7 Å². The minimum absolute atomic E-state index is 0. The van der Waals surface area contributed by atoms with Gasteiger partial charge in [-0.2, -0.15) is 0 Å². The van der Waals surface area contributed by atoms with Crippen LogP contribution in [-0.2, 0) is 4.79 Å². The van der Waals surface area contributed by atoms with Crippen LogP contribution in [0.25, 0.3) is 0 Å². The summed E-state index contributed by atoms with van der Waals surface area (Å²) in [4.78, 5) is 27.1. The number of hydrogen-bond acceptors (Lipinski definition) is 4. The van der Waals surface area contributed by atoms with Crippen molar-refractivity contribution in [1.82, 2.24) is 24.9 Å². The Bertz CT molecular complexity index is 550. The molecule has 3 rings (SSSR count). The Labute approximate surface area is 207 Å². The van der Waals surface area contributed by atoms with E-state index in [9.17, 15) is 4.79 Å². The molecule has 2 heterocycles. The Balaban J connectivity index is 0.00000341. The van der Waals surface area contributed by atoms with Gasteiger partial charge in [0.05, 0.1) is 6.54 Å². The minimum Gasteiger partial charge on any atom is -0.357 e. The van der Waals surface area contributed by atoms with Gasteiger partial charge < -0.3 is 15.1 Å². The van der Waals surface area contributed by atoms with Crippen molar-refractivity contribution in [3.63, 3.8) is 0 Å². The van der Waals surface area contributed by atoms with Gasteiger partial charge in [-0.15, -0.1) is 24.0 Å². The molecule has 2 saturated heterocycles. The van der Waals surface area contributed by atoms with Gasteiger partial charge in [0.15, 0.2) is 5.96 Å². The molecule has 3 aliphatic rings. The quantitative estimate of drug-likeness (QED) is 0.301. The Morgan fingerprint density at radius 2 is 1.52 bits per heavy atom. The summed E-state index contributed by atoms with van der Waals surface area (Å²) < 4.78 is 0. The Kier molecular flexibility index (Phi) is 11.9. The van der Waals surface area contributed by atoms with Gasteiger partial charge in [0.25, 0.3) is 0 Å². The molecule has 7 nitrogen and oxygen atoms in total. The molecule has 0 aromatic carbocycles. The molecule has 1 amide bonds. The number of amides is 1. The summed E-state index contributed by atoms with van der Waals surface area (Å²) in [6, 6.07) is 0. The average Bonchev–Trinajstić information content (AvgIpc) is 3.28. The van der Waals surface area contributed by atoms with Crippen LogP contribution < -0.4 is 5.32 Å². The van der Waals surface area contributed by atoms with Crippen LogP contribution in [0.2, 0.25) is 0 Å². The fourth-order valence-corrected chi connectivity index (χ4v) is 5.00. The highest BCUT2D eigenvalue weighted by molar-refractivity contribution is 14.0. The number of aliphatic imine (C=N–C) groups is 1. The van der Waals surface area contributed by atoms with Crippen LogP contribution in [-0.4, -0.2) is 110 Å². The number of rotatable bonds is 7. The third kappa shape index (κ3) is 8.35. The number of guanidine groups is 1. The third-order valence-corrected chi connectivity index (χ3v) is 6.70.